The molecule has 0 radical (unpaired) electrons. The topological polar surface area (TPSA) is 87.1 Å². The lowest BCUT2D eigenvalue weighted by Gasteiger charge is -2.21. The second-order valence-electron chi connectivity index (χ2n) is 6.18. The third-order valence-electron chi connectivity index (χ3n) is 3.80. The van der Waals surface area contributed by atoms with Gasteiger partial charge in [0.1, 0.15) is 5.01 Å². The maximum atomic E-state index is 11.9. The van der Waals surface area contributed by atoms with Crippen LogP contribution in [0.5, 0.6) is 0 Å². The fourth-order valence-electron chi connectivity index (χ4n) is 2.29. The summed E-state index contributed by atoms with van der Waals surface area (Å²) in [6, 6.07) is 9.68. The molecule has 2 aromatic rings. The molecule has 1 aromatic heterocycles. The van der Waals surface area contributed by atoms with Crippen molar-refractivity contribution < 1.29 is 9.90 Å². The molecule has 0 spiro atoms. The Bertz CT molecular complexity index is 658. The van der Waals surface area contributed by atoms with Crippen LogP contribution in [0.2, 0.25) is 0 Å². The number of hydrogen-bond donors (Lipinski definition) is 3. The minimum absolute atomic E-state index is 0.223. The molecule has 0 aliphatic heterocycles. The maximum absolute atomic E-state index is 11.9. The number of carbonyl (C=O) groups is 1. The van der Waals surface area contributed by atoms with Crippen LogP contribution in [0.3, 0.4) is 0 Å². The second kappa shape index (κ2) is 8.21. The Morgan fingerprint density at radius 2 is 2.00 bits per heavy atom. The molecular weight excluding hydrogens is 324 g/mol. The molecule has 0 bridgehead atoms. The van der Waals surface area contributed by atoms with E-state index in [1.165, 1.54) is 11.3 Å². The number of urea groups is 1. The number of anilines is 1. The summed E-state index contributed by atoms with van der Waals surface area (Å²) in [4.78, 5) is 11.9. The Hall–Kier alpha value is -1.99. The van der Waals surface area contributed by atoms with Gasteiger partial charge in [-0.3, -0.25) is 5.32 Å². The van der Waals surface area contributed by atoms with Gasteiger partial charge in [-0.25, -0.2) is 4.79 Å². The highest BCUT2D eigenvalue weighted by Gasteiger charge is 2.27. The molecule has 0 aliphatic rings. The van der Waals surface area contributed by atoms with E-state index in [0.29, 0.717) is 11.6 Å². The fraction of sp³-hybridized carbons (Fsp3) is 0.471. The minimum atomic E-state index is -0.525. The van der Waals surface area contributed by atoms with Gasteiger partial charge in [-0.05, 0) is 25.8 Å². The van der Waals surface area contributed by atoms with Crippen molar-refractivity contribution in [2.75, 3.05) is 11.9 Å². The average molecular weight is 348 g/mol. The van der Waals surface area contributed by atoms with Crippen molar-refractivity contribution in [2.24, 2.45) is 0 Å². The SMILES string of the molecule is CCCC(O)CNC(=O)Nc1nnc(C(C)(C)c2ccccc2)s1. The lowest BCUT2D eigenvalue weighted by Crippen LogP contribution is -2.35. The lowest BCUT2D eigenvalue weighted by molar-refractivity contribution is 0.162. The molecule has 2 rings (SSSR count). The quantitative estimate of drug-likeness (QED) is 0.717. The zero-order valence-electron chi connectivity index (χ0n) is 14.2. The zero-order valence-corrected chi connectivity index (χ0v) is 15.1. The molecule has 0 fully saturated rings. The first kappa shape index (κ1) is 18.4. The predicted molar refractivity (Wildman–Crippen MR) is 96.4 cm³/mol. The van der Waals surface area contributed by atoms with Gasteiger partial charge in [0, 0.05) is 12.0 Å². The Kier molecular flexibility index (Phi) is 6.28. The number of nitrogens with zero attached hydrogens (tertiary/aromatic N) is 2. The summed E-state index contributed by atoms with van der Waals surface area (Å²) in [5.41, 5.74) is 0.854. The molecule has 7 heteroatoms. The Morgan fingerprint density at radius 3 is 2.67 bits per heavy atom. The highest BCUT2D eigenvalue weighted by atomic mass is 32.1. The third kappa shape index (κ3) is 4.75. The zero-order chi connectivity index (χ0) is 17.6. The van der Waals surface area contributed by atoms with E-state index in [4.69, 9.17) is 0 Å². The summed E-state index contributed by atoms with van der Waals surface area (Å²) in [5.74, 6) is 0. The van der Waals surface area contributed by atoms with E-state index >= 15 is 0 Å². The summed E-state index contributed by atoms with van der Waals surface area (Å²) in [7, 11) is 0. The molecule has 0 aliphatic carbocycles. The van der Waals surface area contributed by atoms with E-state index in [9.17, 15) is 9.90 Å². The number of nitrogens with one attached hydrogen (secondary N) is 2. The standard InChI is InChI=1S/C17H24N4O2S/c1-4-8-13(22)11-18-15(23)19-16-21-20-14(24-16)17(2,3)12-9-6-5-7-10-12/h5-7,9-10,13,22H,4,8,11H2,1-3H3,(H2,18,19,21,23). The van der Waals surface area contributed by atoms with Crippen molar-refractivity contribution in [3.8, 4) is 0 Å². The summed E-state index contributed by atoms with van der Waals surface area (Å²) in [6.45, 7) is 6.36. The Morgan fingerprint density at radius 1 is 1.29 bits per heavy atom. The number of aromatic nitrogens is 2. The number of aliphatic hydroxyl groups is 1. The Balaban J connectivity index is 1.97. The van der Waals surface area contributed by atoms with Crippen molar-refractivity contribution >= 4 is 22.5 Å². The molecule has 1 atom stereocenters. The predicted octanol–water partition coefficient (Wildman–Crippen LogP) is 3.15. The summed E-state index contributed by atoms with van der Waals surface area (Å²) in [6.07, 6.45) is 1.01. The van der Waals surface area contributed by atoms with Crippen LogP contribution in [-0.2, 0) is 5.41 Å². The minimum Gasteiger partial charge on any atom is -0.391 e. The van der Waals surface area contributed by atoms with Crippen LogP contribution in [0.15, 0.2) is 30.3 Å². The summed E-state index contributed by atoms with van der Waals surface area (Å²) < 4.78 is 0. The second-order valence-corrected chi connectivity index (χ2v) is 7.16. The van der Waals surface area contributed by atoms with Gasteiger partial charge in [0.15, 0.2) is 0 Å². The van der Waals surface area contributed by atoms with E-state index in [1.807, 2.05) is 25.1 Å². The van der Waals surface area contributed by atoms with Crippen molar-refractivity contribution in [1.29, 1.82) is 0 Å². The van der Waals surface area contributed by atoms with Crippen molar-refractivity contribution in [1.82, 2.24) is 15.5 Å². The molecule has 3 N–H and O–H groups in total. The van der Waals surface area contributed by atoms with Gasteiger partial charge < -0.3 is 10.4 Å². The van der Waals surface area contributed by atoms with Crippen LogP contribution in [0.1, 0.15) is 44.2 Å². The van der Waals surface area contributed by atoms with Crippen LogP contribution >= 0.6 is 11.3 Å². The molecule has 0 saturated carbocycles. The number of benzene rings is 1. The van der Waals surface area contributed by atoms with E-state index < -0.39 is 6.10 Å². The molecule has 0 saturated heterocycles. The van der Waals surface area contributed by atoms with Gasteiger partial charge in [-0.2, -0.15) is 0 Å². The molecule has 6 nitrogen and oxygen atoms in total. The van der Waals surface area contributed by atoms with Gasteiger partial charge in [-0.15, -0.1) is 10.2 Å². The highest BCUT2D eigenvalue weighted by molar-refractivity contribution is 7.15. The number of aliphatic hydroxyl groups excluding tert-OH is 1. The Labute approximate surface area is 146 Å². The first-order chi connectivity index (χ1) is 11.4. The van der Waals surface area contributed by atoms with Gasteiger partial charge in [0.2, 0.25) is 5.13 Å². The van der Waals surface area contributed by atoms with Crippen LogP contribution in [-0.4, -0.2) is 34.0 Å². The normalized spacial score (nSPS) is 12.7. The molecule has 130 valence electrons. The van der Waals surface area contributed by atoms with Crippen LogP contribution in [0.25, 0.3) is 0 Å². The number of rotatable bonds is 7. The van der Waals surface area contributed by atoms with Gasteiger partial charge in [-0.1, -0.05) is 55.0 Å². The lowest BCUT2D eigenvalue weighted by atomic mass is 9.85. The summed E-state index contributed by atoms with van der Waals surface area (Å²) >= 11 is 1.35. The average Bonchev–Trinajstić information content (AvgIpc) is 3.03. The van der Waals surface area contributed by atoms with Crippen LogP contribution in [0, 0.1) is 0 Å². The number of hydrogen-bond acceptors (Lipinski definition) is 5. The van der Waals surface area contributed by atoms with E-state index in [2.05, 4.69) is 46.8 Å². The molecule has 24 heavy (non-hydrogen) atoms. The molecule has 1 aromatic carbocycles. The maximum Gasteiger partial charge on any atom is 0.321 e. The van der Waals surface area contributed by atoms with Crippen molar-refractivity contribution in [3.63, 3.8) is 0 Å². The first-order valence-electron chi connectivity index (χ1n) is 8.06. The fourth-order valence-corrected chi connectivity index (χ4v) is 3.15. The van der Waals surface area contributed by atoms with Crippen molar-refractivity contribution in [2.45, 2.75) is 45.1 Å². The van der Waals surface area contributed by atoms with Crippen molar-refractivity contribution in [3.05, 3.63) is 40.9 Å². The van der Waals surface area contributed by atoms with E-state index in [-0.39, 0.29) is 18.0 Å². The monoisotopic (exact) mass is 348 g/mol. The summed E-state index contributed by atoms with van der Waals surface area (Å²) in [5, 5.41) is 24.5. The highest BCUT2D eigenvalue weighted by Crippen LogP contribution is 2.34. The van der Waals surface area contributed by atoms with Gasteiger partial charge >= 0.3 is 6.03 Å². The van der Waals surface area contributed by atoms with Gasteiger partial charge in [0.05, 0.1) is 6.10 Å². The van der Waals surface area contributed by atoms with E-state index in [0.717, 1.165) is 17.0 Å². The smallest absolute Gasteiger partial charge is 0.321 e. The van der Waals surface area contributed by atoms with Gasteiger partial charge in [0.25, 0.3) is 0 Å². The molecule has 1 unspecified atom stereocenters. The van der Waals surface area contributed by atoms with Crippen LogP contribution < -0.4 is 10.6 Å². The molecule has 2 amide bonds. The first-order valence-corrected chi connectivity index (χ1v) is 8.87. The molecular formula is C17H24N4O2S. The third-order valence-corrected chi connectivity index (χ3v) is 4.96. The largest absolute Gasteiger partial charge is 0.391 e. The number of carbonyl (C=O) groups excluding carboxylic acids is 1. The number of amides is 2. The van der Waals surface area contributed by atoms with Crippen LogP contribution in [0.4, 0.5) is 9.93 Å². The molecule has 1 heterocycles. The van der Waals surface area contributed by atoms with E-state index in [1.54, 1.807) is 0 Å².